The summed E-state index contributed by atoms with van der Waals surface area (Å²) in [5.74, 6) is -0.881. The normalized spacial score (nSPS) is 20.7. The number of carbonyl (C=O) groups excluding carboxylic acids is 1. The second-order valence-electron chi connectivity index (χ2n) is 7.91. The molecule has 0 radical (unpaired) electrons. The first-order chi connectivity index (χ1) is 15.3. The highest BCUT2D eigenvalue weighted by atomic mass is 32.2. The van der Waals surface area contributed by atoms with E-state index in [1.807, 2.05) is 37.3 Å². The first-order valence-corrected chi connectivity index (χ1v) is 12.1. The van der Waals surface area contributed by atoms with Crippen LogP contribution in [0.1, 0.15) is 41.7 Å². The van der Waals surface area contributed by atoms with Gasteiger partial charge in [0.05, 0.1) is 13.2 Å². The Bertz CT molecular complexity index is 1020. The molecule has 0 spiro atoms. The first-order valence-electron chi connectivity index (χ1n) is 10.6. The van der Waals surface area contributed by atoms with Gasteiger partial charge in [0.15, 0.2) is 0 Å². The van der Waals surface area contributed by atoms with Crippen LogP contribution in [-0.2, 0) is 32.7 Å². The number of hydrogen-bond donors (Lipinski definition) is 2. The van der Waals surface area contributed by atoms with Gasteiger partial charge in [0.1, 0.15) is 17.7 Å². The standard InChI is InChI=1S/C23H29FN2O5S/c1-17-7-10-22(19-5-3-2-4-6-19)32(29,30)26(17)14-20-9-8-18(13-21(20)24)15-31-16-23(28)25-11-12-27/h2-6,8-9,13,17,22,27H,7,10-12,14-16H2,1H3,(H,25,28). The van der Waals surface area contributed by atoms with Crippen molar-refractivity contribution in [3.8, 4) is 0 Å². The molecule has 9 heteroatoms. The maximum atomic E-state index is 14.8. The number of rotatable bonds is 9. The average molecular weight is 465 g/mol. The lowest BCUT2D eigenvalue weighted by atomic mass is 10.0. The van der Waals surface area contributed by atoms with E-state index in [1.165, 1.54) is 10.4 Å². The molecule has 2 atom stereocenters. The third-order valence-electron chi connectivity index (χ3n) is 5.58. The minimum atomic E-state index is -3.64. The third kappa shape index (κ3) is 5.92. The number of aliphatic hydroxyl groups excluding tert-OH is 1. The highest BCUT2D eigenvalue weighted by Gasteiger charge is 2.40. The first kappa shape index (κ1) is 24.3. The average Bonchev–Trinajstić information content (AvgIpc) is 2.77. The maximum absolute atomic E-state index is 14.8. The van der Waals surface area contributed by atoms with E-state index >= 15 is 0 Å². The predicted molar refractivity (Wildman–Crippen MR) is 118 cm³/mol. The SMILES string of the molecule is CC1CCC(c2ccccc2)S(=O)(=O)N1Cc1ccc(COCC(=O)NCCO)cc1F. The topological polar surface area (TPSA) is 95.9 Å². The number of halogens is 1. The number of nitrogens with one attached hydrogen (secondary N) is 1. The lowest BCUT2D eigenvalue weighted by molar-refractivity contribution is -0.126. The summed E-state index contributed by atoms with van der Waals surface area (Å²) in [4.78, 5) is 11.5. The number of carbonyl (C=O) groups is 1. The fourth-order valence-electron chi connectivity index (χ4n) is 3.84. The molecule has 1 heterocycles. The van der Waals surface area contributed by atoms with Gasteiger partial charge in [-0.25, -0.2) is 12.8 Å². The molecule has 2 aromatic rings. The van der Waals surface area contributed by atoms with Crippen LogP contribution in [0.5, 0.6) is 0 Å². The molecule has 174 valence electrons. The van der Waals surface area contributed by atoms with Gasteiger partial charge >= 0.3 is 0 Å². The zero-order valence-electron chi connectivity index (χ0n) is 18.0. The van der Waals surface area contributed by atoms with Crippen molar-refractivity contribution >= 4 is 15.9 Å². The molecule has 0 aliphatic carbocycles. The maximum Gasteiger partial charge on any atom is 0.246 e. The Labute approximate surface area is 188 Å². The number of nitrogens with zero attached hydrogens (tertiary/aromatic N) is 1. The van der Waals surface area contributed by atoms with E-state index in [1.54, 1.807) is 12.1 Å². The van der Waals surface area contributed by atoms with Crippen LogP contribution >= 0.6 is 0 Å². The van der Waals surface area contributed by atoms with Gasteiger partial charge in [-0.1, -0.05) is 42.5 Å². The molecule has 1 aliphatic heterocycles. The van der Waals surface area contributed by atoms with E-state index in [0.29, 0.717) is 24.0 Å². The van der Waals surface area contributed by atoms with Crippen molar-refractivity contribution in [1.29, 1.82) is 0 Å². The van der Waals surface area contributed by atoms with Gasteiger partial charge in [-0.05, 0) is 37.0 Å². The van der Waals surface area contributed by atoms with Crippen molar-refractivity contribution in [1.82, 2.24) is 9.62 Å². The quantitative estimate of drug-likeness (QED) is 0.595. The van der Waals surface area contributed by atoms with Crippen LogP contribution in [-0.4, -0.2) is 49.5 Å². The monoisotopic (exact) mass is 464 g/mol. The molecular formula is C23H29FN2O5S. The molecule has 0 saturated carbocycles. The minimum absolute atomic E-state index is 0.0383. The zero-order valence-corrected chi connectivity index (χ0v) is 18.9. The van der Waals surface area contributed by atoms with Crippen molar-refractivity contribution in [3.05, 3.63) is 71.0 Å². The van der Waals surface area contributed by atoms with Gasteiger partial charge < -0.3 is 15.2 Å². The molecule has 2 unspecified atom stereocenters. The summed E-state index contributed by atoms with van der Waals surface area (Å²) in [5.41, 5.74) is 1.58. The number of sulfonamides is 1. The third-order valence-corrected chi connectivity index (χ3v) is 7.95. The predicted octanol–water partition coefficient (Wildman–Crippen LogP) is 2.51. The molecule has 1 fully saturated rings. The Morgan fingerprint density at radius 2 is 1.97 bits per heavy atom. The summed E-state index contributed by atoms with van der Waals surface area (Å²) in [7, 11) is -3.64. The fourth-order valence-corrected chi connectivity index (χ4v) is 6.02. The number of aliphatic hydroxyl groups is 1. The van der Waals surface area contributed by atoms with E-state index in [2.05, 4.69) is 5.32 Å². The van der Waals surface area contributed by atoms with Crippen molar-refractivity contribution < 1.29 is 27.4 Å². The lowest BCUT2D eigenvalue weighted by Crippen LogP contribution is -2.44. The van der Waals surface area contributed by atoms with Crippen molar-refractivity contribution in [2.45, 2.75) is 44.2 Å². The Morgan fingerprint density at radius 1 is 1.22 bits per heavy atom. The molecule has 1 saturated heterocycles. The van der Waals surface area contributed by atoms with E-state index in [-0.39, 0.29) is 44.9 Å². The molecule has 32 heavy (non-hydrogen) atoms. The molecule has 0 aromatic heterocycles. The smallest absolute Gasteiger partial charge is 0.246 e. The highest BCUT2D eigenvalue weighted by molar-refractivity contribution is 7.89. The molecule has 3 rings (SSSR count). The van der Waals surface area contributed by atoms with Crippen LogP contribution < -0.4 is 5.32 Å². The summed E-state index contributed by atoms with van der Waals surface area (Å²) < 4.78 is 48.1. The van der Waals surface area contributed by atoms with Crippen LogP contribution in [0.3, 0.4) is 0 Å². The largest absolute Gasteiger partial charge is 0.395 e. The Morgan fingerprint density at radius 3 is 2.66 bits per heavy atom. The Balaban J connectivity index is 1.67. The van der Waals surface area contributed by atoms with Gasteiger partial charge in [-0.15, -0.1) is 0 Å². The summed E-state index contributed by atoms with van der Waals surface area (Å²) in [6.45, 7) is 1.64. The van der Waals surface area contributed by atoms with Crippen molar-refractivity contribution in [2.75, 3.05) is 19.8 Å². The Hall–Kier alpha value is -2.33. The fraction of sp³-hybridized carbons (Fsp3) is 0.435. The summed E-state index contributed by atoms with van der Waals surface area (Å²) >= 11 is 0. The van der Waals surface area contributed by atoms with Gasteiger partial charge in [-0.3, -0.25) is 4.79 Å². The molecule has 1 amide bonds. The van der Waals surface area contributed by atoms with E-state index < -0.39 is 21.1 Å². The minimum Gasteiger partial charge on any atom is -0.395 e. The Kier molecular flexibility index (Phi) is 8.36. The van der Waals surface area contributed by atoms with Crippen LogP contribution in [0.15, 0.2) is 48.5 Å². The number of hydrogen-bond acceptors (Lipinski definition) is 5. The summed E-state index contributed by atoms with van der Waals surface area (Å²) in [6.07, 6.45) is 1.24. The number of ether oxygens (including phenoxy) is 1. The van der Waals surface area contributed by atoms with Gasteiger partial charge in [0.25, 0.3) is 0 Å². The number of amides is 1. The van der Waals surface area contributed by atoms with Crippen LogP contribution in [0, 0.1) is 5.82 Å². The van der Waals surface area contributed by atoms with Crippen LogP contribution in [0.25, 0.3) is 0 Å². The summed E-state index contributed by atoms with van der Waals surface area (Å²) in [6, 6.07) is 13.4. The van der Waals surface area contributed by atoms with E-state index in [0.717, 1.165) is 5.56 Å². The van der Waals surface area contributed by atoms with Crippen molar-refractivity contribution in [3.63, 3.8) is 0 Å². The lowest BCUT2D eigenvalue weighted by Gasteiger charge is -2.37. The van der Waals surface area contributed by atoms with E-state index in [9.17, 15) is 17.6 Å². The molecule has 2 aromatic carbocycles. The van der Waals surface area contributed by atoms with Crippen LogP contribution in [0.2, 0.25) is 0 Å². The van der Waals surface area contributed by atoms with Gasteiger partial charge in [0, 0.05) is 24.7 Å². The summed E-state index contributed by atoms with van der Waals surface area (Å²) in [5, 5.41) is 10.5. The van der Waals surface area contributed by atoms with Crippen molar-refractivity contribution in [2.24, 2.45) is 0 Å². The van der Waals surface area contributed by atoms with Gasteiger partial charge in [-0.2, -0.15) is 4.31 Å². The second-order valence-corrected chi connectivity index (χ2v) is 9.98. The zero-order chi connectivity index (χ0) is 23.1. The van der Waals surface area contributed by atoms with E-state index in [4.69, 9.17) is 9.84 Å². The second kappa shape index (κ2) is 11.0. The van der Waals surface area contributed by atoms with Gasteiger partial charge in [0.2, 0.25) is 15.9 Å². The highest BCUT2D eigenvalue weighted by Crippen LogP contribution is 2.38. The molecular weight excluding hydrogens is 435 g/mol. The molecule has 0 bridgehead atoms. The number of benzene rings is 2. The molecule has 2 N–H and O–H groups in total. The molecule has 1 aliphatic rings. The molecule has 7 nitrogen and oxygen atoms in total. The van der Waals surface area contributed by atoms with Crippen LogP contribution in [0.4, 0.5) is 4.39 Å².